The van der Waals surface area contributed by atoms with Gasteiger partial charge in [-0.15, -0.1) is 0 Å². The minimum atomic E-state index is -4.45. The highest BCUT2D eigenvalue weighted by Gasteiger charge is 2.41. The van der Waals surface area contributed by atoms with Crippen molar-refractivity contribution in [2.45, 2.75) is 44.3 Å². The standard InChI is InChI=1S/C22H28F3N3O/c1-14-17(21(2)10-7-15(8-11-21)20(26)29)5-6-18(19(14)22(23,24)25)28-12-9-16(13-28)27(3)4/h5-8,10,16H,9,11-13H2,1-4H3,(H2,26,29). The van der Waals surface area contributed by atoms with Crippen LogP contribution in [-0.4, -0.2) is 44.0 Å². The topological polar surface area (TPSA) is 49.6 Å². The molecule has 0 aromatic heterocycles. The SMILES string of the molecule is Cc1c(C2(C)C=CC(C(N)=O)=CC2)ccc(N2CCC(N(C)C)C2)c1C(F)(F)F. The van der Waals surface area contributed by atoms with Gasteiger partial charge in [0.2, 0.25) is 5.91 Å². The van der Waals surface area contributed by atoms with E-state index in [2.05, 4.69) is 4.90 Å². The van der Waals surface area contributed by atoms with Gasteiger partial charge in [-0.3, -0.25) is 4.79 Å². The minimum absolute atomic E-state index is 0.242. The lowest BCUT2D eigenvalue weighted by Crippen LogP contribution is -2.32. The average Bonchev–Trinajstić information content (AvgIpc) is 3.10. The maximum Gasteiger partial charge on any atom is 0.418 e. The Balaban J connectivity index is 2.03. The third kappa shape index (κ3) is 4.06. The van der Waals surface area contributed by atoms with Crippen LogP contribution in [-0.2, 0) is 16.4 Å². The smallest absolute Gasteiger partial charge is 0.369 e. The number of allylic oxidation sites excluding steroid dienone is 2. The van der Waals surface area contributed by atoms with E-state index in [4.69, 9.17) is 5.73 Å². The lowest BCUT2D eigenvalue weighted by Gasteiger charge is -2.33. The molecule has 2 unspecified atom stereocenters. The monoisotopic (exact) mass is 407 g/mol. The first kappa shape index (κ1) is 21.4. The number of nitrogens with zero attached hydrogens (tertiary/aromatic N) is 2. The predicted octanol–water partition coefficient (Wildman–Crippen LogP) is 3.78. The summed E-state index contributed by atoms with van der Waals surface area (Å²) in [6.07, 6.45) is 1.90. The van der Waals surface area contributed by atoms with Gasteiger partial charge in [0.1, 0.15) is 0 Å². The Bertz CT molecular complexity index is 873. The van der Waals surface area contributed by atoms with Crippen LogP contribution in [0.4, 0.5) is 18.9 Å². The van der Waals surface area contributed by atoms with E-state index in [-0.39, 0.29) is 17.3 Å². The molecule has 7 heteroatoms. The molecular formula is C22H28F3N3O. The zero-order valence-electron chi connectivity index (χ0n) is 17.3. The highest BCUT2D eigenvalue weighted by atomic mass is 19.4. The van der Waals surface area contributed by atoms with Crippen LogP contribution in [0.2, 0.25) is 0 Å². The van der Waals surface area contributed by atoms with Crippen molar-refractivity contribution < 1.29 is 18.0 Å². The number of nitrogens with two attached hydrogens (primary N) is 1. The molecule has 2 N–H and O–H groups in total. The first-order valence-electron chi connectivity index (χ1n) is 9.76. The van der Waals surface area contributed by atoms with Gasteiger partial charge in [0, 0.05) is 35.8 Å². The highest BCUT2D eigenvalue weighted by molar-refractivity contribution is 5.95. The summed E-state index contributed by atoms with van der Waals surface area (Å²) in [6, 6.07) is 3.65. The number of amides is 1. The Hall–Kier alpha value is -2.28. The van der Waals surface area contributed by atoms with Crippen LogP contribution in [0.1, 0.15) is 36.5 Å². The molecule has 1 aliphatic carbocycles. The summed E-state index contributed by atoms with van der Waals surface area (Å²) in [5.41, 5.74) is 5.62. The third-order valence-electron chi connectivity index (χ3n) is 6.24. The second-order valence-electron chi connectivity index (χ2n) is 8.46. The normalized spacial score (nSPS) is 24.9. The number of likely N-dealkylation sites (N-methyl/N-ethyl adjacent to an activating group) is 1. The molecule has 1 heterocycles. The fourth-order valence-electron chi connectivity index (χ4n) is 4.43. The van der Waals surface area contributed by atoms with Gasteiger partial charge in [-0.25, -0.2) is 0 Å². The summed E-state index contributed by atoms with van der Waals surface area (Å²) in [5.74, 6) is -0.532. The number of benzene rings is 1. The van der Waals surface area contributed by atoms with Crippen molar-refractivity contribution in [3.05, 3.63) is 52.6 Å². The predicted molar refractivity (Wildman–Crippen MR) is 109 cm³/mol. The number of anilines is 1. The summed E-state index contributed by atoms with van der Waals surface area (Å²) in [6.45, 7) is 4.62. The van der Waals surface area contributed by atoms with Crippen LogP contribution >= 0.6 is 0 Å². The van der Waals surface area contributed by atoms with E-state index in [9.17, 15) is 18.0 Å². The number of primary amides is 1. The number of carbonyl (C=O) groups is 1. The van der Waals surface area contributed by atoms with Crippen molar-refractivity contribution in [2.24, 2.45) is 5.73 Å². The molecule has 1 amide bonds. The Morgan fingerprint density at radius 3 is 2.48 bits per heavy atom. The van der Waals surface area contributed by atoms with Crippen LogP contribution in [0.5, 0.6) is 0 Å². The molecular weight excluding hydrogens is 379 g/mol. The number of hydrogen-bond acceptors (Lipinski definition) is 3. The van der Waals surface area contributed by atoms with Gasteiger partial charge in [-0.1, -0.05) is 31.2 Å². The summed E-state index contributed by atoms with van der Waals surface area (Å²) >= 11 is 0. The third-order valence-corrected chi connectivity index (χ3v) is 6.24. The number of carbonyl (C=O) groups excluding carboxylic acids is 1. The van der Waals surface area contributed by atoms with Crippen LogP contribution in [0, 0.1) is 6.92 Å². The molecule has 2 atom stereocenters. The van der Waals surface area contributed by atoms with Crippen molar-refractivity contribution in [3.63, 3.8) is 0 Å². The van der Waals surface area contributed by atoms with Crippen molar-refractivity contribution in [2.75, 3.05) is 32.1 Å². The average molecular weight is 407 g/mol. The molecule has 4 nitrogen and oxygen atoms in total. The van der Waals surface area contributed by atoms with Gasteiger partial charge in [-0.05, 0) is 51.1 Å². The molecule has 1 aromatic rings. The van der Waals surface area contributed by atoms with Crippen LogP contribution in [0.25, 0.3) is 0 Å². The molecule has 29 heavy (non-hydrogen) atoms. The Kier molecular flexibility index (Phi) is 5.56. The molecule has 1 aromatic carbocycles. The van der Waals surface area contributed by atoms with Gasteiger partial charge >= 0.3 is 6.18 Å². The maximum absolute atomic E-state index is 14.1. The second kappa shape index (κ2) is 7.52. The molecule has 158 valence electrons. The van der Waals surface area contributed by atoms with Crippen molar-refractivity contribution >= 4 is 11.6 Å². The first-order chi connectivity index (χ1) is 13.4. The van der Waals surface area contributed by atoms with Crippen molar-refractivity contribution in [1.82, 2.24) is 4.90 Å². The van der Waals surface area contributed by atoms with E-state index in [1.165, 1.54) is 0 Å². The molecule has 1 fully saturated rings. The molecule has 1 saturated heterocycles. The number of rotatable bonds is 4. The lowest BCUT2D eigenvalue weighted by molar-refractivity contribution is -0.137. The van der Waals surface area contributed by atoms with Gasteiger partial charge in [0.25, 0.3) is 0 Å². The zero-order valence-corrected chi connectivity index (χ0v) is 17.3. The molecule has 0 saturated carbocycles. The summed E-state index contributed by atoms with van der Waals surface area (Å²) < 4.78 is 42.4. The molecule has 0 bridgehead atoms. The summed E-state index contributed by atoms with van der Waals surface area (Å²) in [4.78, 5) is 15.3. The van der Waals surface area contributed by atoms with Gasteiger partial charge < -0.3 is 15.5 Å². The largest absolute Gasteiger partial charge is 0.418 e. The minimum Gasteiger partial charge on any atom is -0.369 e. The Morgan fingerprint density at radius 1 is 1.31 bits per heavy atom. The highest BCUT2D eigenvalue weighted by Crippen LogP contribution is 2.45. The van der Waals surface area contributed by atoms with Crippen LogP contribution in [0.15, 0.2) is 35.9 Å². The van der Waals surface area contributed by atoms with Gasteiger partial charge in [-0.2, -0.15) is 13.2 Å². The zero-order chi connectivity index (χ0) is 21.6. The van der Waals surface area contributed by atoms with E-state index in [1.54, 1.807) is 37.3 Å². The molecule has 1 aliphatic heterocycles. The Morgan fingerprint density at radius 2 is 2.00 bits per heavy atom. The molecule has 3 rings (SSSR count). The van der Waals surface area contributed by atoms with Crippen LogP contribution < -0.4 is 10.6 Å². The molecule has 0 radical (unpaired) electrons. The van der Waals surface area contributed by atoms with Crippen molar-refractivity contribution in [1.29, 1.82) is 0 Å². The summed E-state index contributed by atoms with van der Waals surface area (Å²) in [7, 11) is 3.91. The van der Waals surface area contributed by atoms with E-state index < -0.39 is 23.1 Å². The van der Waals surface area contributed by atoms with Gasteiger partial charge in [0.05, 0.1) is 5.56 Å². The maximum atomic E-state index is 14.1. The fraction of sp³-hybridized carbons (Fsp3) is 0.500. The van der Waals surface area contributed by atoms with E-state index >= 15 is 0 Å². The van der Waals surface area contributed by atoms with E-state index in [0.29, 0.717) is 30.6 Å². The van der Waals surface area contributed by atoms with Crippen LogP contribution in [0.3, 0.4) is 0 Å². The van der Waals surface area contributed by atoms with Gasteiger partial charge in [0.15, 0.2) is 0 Å². The number of halogens is 3. The van der Waals surface area contributed by atoms with Crippen molar-refractivity contribution in [3.8, 4) is 0 Å². The lowest BCUT2D eigenvalue weighted by atomic mass is 9.73. The second-order valence-corrected chi connectivity index (χ2v) is 8.46. The number of alkyl halides is 3. The Labute approximate surface area is 169 Å². The molecule has 2 aliphatic rings. The quantitative estimate of drug-likeness (QED) is 0.826. The van der Waals surface area contributed by atoms with E-state index in [1.807, 2.05) is 25.9 Å². The molecule has 0 spiro atoms. The first-order valence-corrected chi connectivity index (χ1v) is 9.76. The van der Waals surface area contributed by atoms with E-state index in [0.717, 1.165) is 6.42 Å². The summed E-state index contributed by atoms with van der Waals surface area (Å²) in [5, 5.41) is 0. The fourth-order valence-corrected chi connectivity index (χ4v) is 4.43. The number of hydrogen-bond donors (Lipinski definition) is 1.